The normalized spacial score (nSPS) is 21.8. The fourth-order valence-corrected chi connectivity index (χ4v) is 3.78. The number of nitrogens with zero attached hydrogens (tertiary/aromatic N) is 1. The molecule has 0 aromatic heterocycles. The summed E-state index contributed by atoms with van der Waals surface area (Å²) >= 11 is 0. The van der Waals surface area contributed by atoms with E-state index in [1.807, 2.05) is 0 Å². The zero-order valence-corrected chi connectivity index (χ0v) is 13.4. The Morgan fingerprint density at radius 1 is 1.17 bits per heavy atom. The second-order valence-corrected chi connectivity index (χ2v) is 7.49. The monoisotopic (exact) mass is 353 g/mol. The fraction of sp³-hybridized carbons (Fsp3) is 0.400. The molecule has 1 aromatic carbocycles. The maximum absolute atomic E-state index is 12.3. The molecule has 2 unspecified atom stereocenters. The highest BCUT2D eigenvalue weighted by Crippen LogP contribution is 2.27. The Morgan fingerprint density at radius 3 is 2.21 bits per heavy atom. The minimum atomic E-state index is -4.55. The molecule has 9 heteroatoms. The third-order valence-electron chi connectivity index (χ3n) is 4.28. The van der Waals surface area contributed by atoms with Gasteiger partial charge in [0.1, 0.15) is 5.25 Å². The Morgan fingerprint density at radius 2 is 1.75 bits per heavy atom. The van der Waals surface area contributed by atoms with Crippen LogP contribution in [0.1, 0.15) is 33.6 Å². The average molecular weight is 353 g/mol. The Hall–Kier alpha value is -2.26. The zero-order valence-electron chi connectivity index (χ0n) is 12.5. The smallest absolute Gasteiger partial charge is 0.309 e. The van der Waals surface area contributed by atoms with E-state index >= 15 is 0 Å². The fourth-order valence-electron chi connectivity index (χ4n) is 2.97. The molecule has 2 atom stereocenters. The van der Waals surface area contributed by atoms with Crippen LogP contribution in [0.5, 0.6) is 0 Å². The van der Waals surface area contributed by atoms with Crippen LogP contribution in [-0.4, -0.2) is 54.1 Å². The molecule has 1 N–H and O–H groups in total. The summed E-state index contributed by atoms with van der Waals surface area (Å²) in [6.07, 6.45) is 0.137. The van der Waals surface area contributed by atoms with Crippen molar-refractivity contribution < 1.29 is 32.1 Å². The SMILES string of the molecule is O=C1OCCC1CC(CN1C(=O)c2ccccc2C1=O)S(=O)(=O)O. The van der Waals surface area contributed by atoms with Crippen molar-refractivity contribution in [2.75, 3.05) is 13.2 Å². The van der Waals surface area contributed by atoms with Gasteiger partial charge < -0.3 is 4.74 Å². The zero-order chi connectivity index (χ0) is 17.5. The van der Waals surface area contributed by atoms with Crippen LogP contribution in [0.25, 0.3) is 0 Å². The Bertz CT molecular complexity index is 782. The number of amides is 2. The largest absolute Gasteiger partial charge is 0.465 e. The molecule has 0 spiro atoms. The molecule has 0 bridgehead atoms. The first-order chi connectivity index (χ1) is 11.3. The van der Waals surface area contributed by atoms with Gasteiger partial charge >= 0.3 is 5.97 Å². The van der Waals surface area contributed by atoms with Crippen LogP contribution in [0.4, 0.5) is 0 Å². The molecule has 2 aliphatic heterocycles. The summed E-state index contributed by atoms with van der Waals surface area (Å²) in [6.45, 7) is -0.316. The van der Waals surface area contributed by atoms with Gasteiger partial charge in [-0.2, -0.15) is 8.42 Å². The standard InChI is InChI=1S/C15H15NO7S/c17-13-11-3-1-2-4-12(11)14(18)16(13)8-10(24(20,21)22)7-9-5-6-23-15(9)19/h1-4,9-10H,5-8H2,(H,20,21,22). The first-order valence-electron chi connectivity index (χ1n) is 7.37. The number of cyclic esters (lactones) is 1. The topological polar surface area (TPSA) is 118 Å². The number of rotatable bonds is 5. The number of imide groups is 1. The molecule has 2 aliphatic rings. The second-order valence-electron chi connectivity index (χ2n) is 5.79. The minimum absolute atomic E-state index is 0.189. The van der Waals surface area contributed by atoms with Crippen LogP contribution in [0.15, 0.2) is 24.3 Å². The maximum Gasteiger partial charge on any atom is 0.309 e. The summed E-state index contributed by atoms with van der Waals surface area (Å²) in [5.41, 5.74) is 0.383. The van der Waals surface area contributed by atoms with E-state index in [1.165, 1.54) is 12.1 Å². The first-order valence-corrected chi connectivity index (χ1v) is 8.87. The van der Waals surface area contributed by atoms with E-state index in [1.54, 1.807) is 12.1 Å². The van der Waals surface area contributed by atoms with Gasteiger partial charge in [-0.3, -0.25) is 23.8 Å². The third kappa shape index (κ3) is 2.92. The first kappa shape index (κ1) is 16.6. The van der Waals surface area contributed by atoms with Crippen molar-refractivity contribution in [2.24, 2.45) is 5.92 Å². The molecule has 2 heterocycles. The minimum Gasteiger partial charge on any atom is -0.465 e. The Balaban J connectivity index is 1.83. The molecule has 1 saturated heterocycles. The van der Waals surface area contributed by atoms with Crippen LogP contribution in [-0.2, 0) is 19.6 Å². The van der Waals surface area contributed by atoms with Crippen molar-refractivity contribution in [1.82, 2.24) is 4.90 Å². The van der Waals surface area contributed by atoms with Crippen LogP contribution in [0.3, 0.4) is 0 Å². The van der Waals surface area contributed by atoms with E-state index in [-0.39, 0.29) is 24.2 Å². The van der Waals surface area contributed by atoms with Gasteiger partial charge in [0.15, 0.2) is 0 Å². The van der Waals surface area contributed by atoms with Crippen LogP contribution in [0.2, 0.25) is 0 Å². The molecule has 0 radical (unpaired) electrons. The molecular weight excluding hydrogens is 338 g/mol. The molecule has 24 heavy (non-hydrogen) atoms. The highest BCUT2D eigenvalue weighted by molar-refractivity contribution is 7.86. The lowest BCUT2D eigenvalue weighted by Gasteiger charge is -2.21. The number of esters is 1. The third-order valence-corrected chi connectivity index (χ3v) is 5.46. The number of carbonyl (C=O) groups excluding carboxylic acids is 3. The van der Waals surface area contributed by atoms with E-state index in [0.29, 0.717) is 6.42 Å². The van der Waals surface area contributed by atoms with Gasteiger partial charge in [0.05, 0.1) is 23.7 Å². The molecule has 1 aromatic rings. The molecule has 3 rings (SSSR count). The van der Waals surface area contributed by atoms with Gasteiger partial charge in [0.2, 0.25) is 0 Å². The maximum atomic E-state index is 12.3. The van der Waals surface area contributed by atoms with Crippen molar-refractivity contribution in [3.63, 3.8) is 0 Å². The number of carbonyl (C=O) groups is 3. The summed E-state index contributed by atoms with van der Waals surface area (Å²) in [7, 11) is -4.55. The molecule has 8 nitrogen and oxygen atoms in total. The van der Waals surface area contributed by atoms with E-state index in [4.69, 9.17) is 4.74 Å². The lowest BCUT2D eigenvalue weighted by atomic mass is 10.0. The lowest BCUT2D eigenvalue weighted by molar-refractivity contribution is -0.141. The molecular formula is C15H15NO7S. The van der Waals surface area contributed by atoms with Crippen molar-refractivity contribution in [3.8, 4) is 0 Å². The highest BCUT2D eigenvalue weighted by atomic mass is 32.2. The van der Waals surface area contributed by atoms with Crippen molar-refractivity contribution in [2.45, 2.75) is 18.1 Å². The lowest BCUT2D eigenvalue weighted by Crippen LogP contribution is -2.41. The number of hydrogen-bond donors (Lipinski definition) is 1. The van der Waals surface area contributed by atoms with Gasteiger partial charge in [0, 0.05) is 6.54 Å². The van der Waals surface area contributed by atoms with Crippen LogP contribution < -0.4 is 0 Å². The van der Waals surface area contributed by atoms with Gasteiger partial charge in [0.25, 0.3) is 21.9 Å². The van der Waals surface area contributed by atoms with E-state index in [0.717, 1.165) is 4.90 Å². The molecule has 0 saturated carbocycles. The van der Waals surface area contributed by atoms with Crippen LogP contribution >= 0.6 is 0 Å². The summed E-state index contributed by atoms with van der Waals surface area (Å²) in [6, 6.07) is 6.16. The summed E-state index contributed by atoms with van der Waals surface area (Å²) < 4.78 is 37.5. The Kier molecular flexibility index (Phi) is 4.14. The van der Waals surface area contributed by atoms with Gasteiger partial charge in [-0.15, -0.1) is 0 Å². The van der Waals surface area contributed by atoms with Gasteiger partial charge in [-0.05, 0) is 25.0 Å². The molecule has 2 amide bonds. The molecule has 128 valence electrons. The number of fused-ring (bicyclic) bond motifs is 1. The predicted molar refractivity (Wildman–Crippen MR) is 80.8 cm³/mol. The van der Waals surface area contributed by atoms with E-state index in [2.05, 4.69) is 0 Å². The Labute approximate surface area is 138 Å². The summed E-state index contributed by atoms with van der Waals surface area (Å²) in [4.78, 5) is 36.9. The quantitative estimate of drug-likeness (QED) is 0.465. The number of ether oxygens (including phenoxy) is 1. The van der Waals surface area contributed by atoms with Crippen molar-refractivity contribution in [1.29, 1.82) is 0 Å². The van der Waals surface area contributed by atoms with Gasteiger partial charge in [-0.25, -0.2) is 0 Å². The molecule has 0 aliphatic carbocycles. The highest BCUT2D eigenvalue weighted by Gasteiger charge is 2.41. The van der Waals surface area contributed by atoms with Crippen molar-refractivity contribution >= 4 is 27.9 Å². The molecule has 1 fully saturated rings. The van der Waals surface area contributed by atoms with E-state index < -0.39 is 45.6 Å². The average Bonchev–Trinajstić information content (AvgIpc) is 3.03. The second kappa shape index (κ2) is 5.99. The van der Waals surface area contributed by atoms with Crippen molar-refractivity contribution in [3.05, 3.63) is 35.4 Å². The predicted octanol–water partition coefficient (Wildman–Crippen LogP) is 0.492. The van der Waals surface area contributed by atoms with E-state index in [9.17, 15) is 27.4 Å². The van der Waals surface area contributed by atoms with Gasteiger partial charge in [-0.1, -0.05) is 12.1 Å². The summed E-state index contributed by atoms with van der Waals surface area (Å²) in [5, 5.41) is -1.43. The number of benzene rings is 1. The summed E-state index contributed by atoms with van der Waals surface area (Å²) in [5.74, 6) is -2.44. The van der Waals surface area contributed by atoms with Crippen LogP contribution in [0, 0.1) is 5.92 Å². The number of hydrogen-bond acceptors (Lipinski definition) is 6.